The molecular formula is C13H23NO6. The summed E-state index contributed by atoms with van der Waals surface area (Å²) in [4.78, 5) is 24.5. The van der Waals surface area contributed by atoms with Gasteiger partial charge in [-0.25, -0.2) is 9.59 Å². The van der Waals surface area contributed by atoms with Gasteiger partial charge in [0.15, 0.2) is 6.10 Å². The smallest absolute Gasteiger partial charge is 0.410 e. The highest BCUT2D eigenvalue weighted by molar-refractivity contribution is 5.74. The highest BCUT2D eigenvalue weighted by atomic mass is 16.6. The number of nitrogens with zero attached hydrogens (tertiary/aromatic N) is 1. The maximum atomic E-state index is 12.1. The van der Waals surface area contributed by atoms with Gasteiger partial charge in [0.25, 0.3) is 0 Å². The molecule has 0 aromatic rings. The first-order valence-electron chi connectivity index (χ1n) is 6.67. The maximum Gasteiger partial charge on any atom is 0.410 e. The summed E-state index contributed by atoms with van der Waals surface area (Å²) in [5.74, 6) is -1.10. The van der Waals surface area contributed by atoms with E-state index >= 15 is 0 Å². The molecule has 1 saturated heterocycles. The van der Waals surface area contributed by atoms with Crippen molar-refractivity contribution in [3.63, 3.8) is 0 Å². The molecule has 1 aliphatic heterocycles. The van der Waals surface area contributed by atoms with Crippen molar-refractivity contribution in [2.45, 2.75) is 45.5 Å². The molecule has 7 heteroatoms. The first-order valence-corrected chi connectivity index (χ1v) is 6.67. The van der Waals surface area contributed by atoms with Crippen molar-refractivity contribution in [2.75, 3.05) is 26.3 Å². The molecule has 0 radical (unpaired) electrons. The third-order valence-corrected chi connectivity index (χ3v) is 2.62. The van der Waals surface area contributed by atoms with Crippen LogP contribution in [0.1, 0.15) is 27.7 Å². The Kier molecular flexibility index (Phi) is 5.76. The SMILES string of the molecule is CCOC1COC(C(=O)O)CN(C(=O)OC(C)(C)C)C1. The summed E-state index contributed by atoms with van der Waals surface area (Å²) in [6.45, 7) is 7.92. The Bertz CT molecular complexity index is 351. The second kappa shape index (κ2) is 6.90. The number of amides is 1. The van der Waals surface area contributed by atoms with Crippen molar-refractivity contribution >= 4 is 12.1 Å². The Morgan fingerprint density at radius 2 is 2.00 bits per heavy atom. The van der Waals surface area contributed by atoms with Crippen LogP contribution in [0.25, 0.3) is 0 Å². The fourth-order valence-corrected chi connectivity index (χ4v) is 1.81. The lowest BCUT2D eigenvalue weighted by molar-refractivity contribution is -0.151. The summed E-state index contributed by atoms with van der Waals surface area (Å²) in [7, 11) is 0. The van der Waals surface area contributed by atoms with E-state index in [1.807, 2.05) is 6.92 Å². The van der Waals surface area contributed by atoms with Crippen LogP contribution in [0.4, 0.5) is 4.79 Å². The van der Waals surface area contributed by atoms with Crippen molar-refractivity contribution in [1.82, 2.24) is 4.90 Å². The standard InChI is InChI=1S/C13H23NO6/c1-5-18-9-6-14(12(17)20-13(2,3)4)7-10(11(15)16)19-8-9/h9-10H,5-8H2,1-4H3,(H,15,16). The molecule has 1 rings (SSSR count). The van der Waals surface area contributed by atoms with E-state index < -0.39 is 23.8 Å². The molecule has 0 saturated carbocycles. The molecule has 1 heterocycles. The number of aliphatic carboxylic acids is 1. The Hall–Kier alpha value is -1.34. The van der Waals surface area contributed by atoms with Gasteiger partial charge in [0, 0.05) is 6.61 Å². The minimum atomic E-state index is -1.10. The minimum Gasteiger partial charge on any atom is -0.479 e. The Balaban J connectivity index is 2.77. The zero-order valence-electron chi connectivity index (χ0n) is 12.4. The molecule has 1 fully saturated rings. The van der Waals surface area contributed by atoms with Gasteiger partial charge in [-0.1, -0.05) is 0 Å². The third kappa shape index (κ3) is 5.34. The lowest BCUT2D eigenvalue weighted by Crippen LogP contribution is -2.44. The van der Waals surface area contributed by atoms with Crippen LogP contribution < -0.4 is 0 Å². The Labute approximate surface area is 118 Å². The van der Waals surface area contributed by atoms with Gasteiger partial charge < -0.3 is 24.2 Å². The van der Waals surface area contributed by atoms with Gasteiger partial charge in [0.1, 0.15) is 5.60 Å². The molecule has 7 nitrogen and oxygen atoms in total. The van der Waals surface area contributed by atoms with Crippen molar-refractivity contribution in [2.24, 2.45) is 0 Å². The predicted octanol–water partition coefficient (Wildman–Crippen LogP) is 1.11. The van der Waals surface area contributed by atoms with E-state index in [0.717, 1.165) is 0 Å². The van der Waals surface area contributed by atoms with Crippen LogP contribution in [0.3, 0.4) is 0 Å². The van der Waals surface area contributed by atoms with Gasteiger partial charge in [0.2, 0.25) is 0 Å². The number of hydrogen-bond donors (Lipinski definition) is 1. The highest BCUT2D eigenvalue weighted by Crippen LogP contribution is 2.15. The van der Waals surface area contributed by atoms with Gasteiger partial charge in [-0.2, -0.15) is 0 Å². The van der Waals surface area contributed by atoms with Gasteiger partial charge in [0.05, 0.1) is 25.8 Å². The normalized spacial score (nSPS) is 24.1. The average molecular weight is 289 g/mol. The van der Waals surface area contributed by atoms with Gasteiger partial charge in [-0.15, -0.1) is 0 Å². The first kappa shape index (κ1) is 16.7. The van der Waals surface area contributed by atoms with Crippen molar-refractivity contribution in [3.05, 3.63) is 0 Å². The molecular weight excluding hydrogens is 266 g/mol. The van der Waals surface area contributed by atoms with Crippen molar-refractivity contribution in [3.8, 4) is 0 Å². The molecule has 0 spiro atoms. The van der Waals surface area contributed by atoms with E-state index in [4.69, 9.17) is 19.3 Å². The molecule has 20 heavy (non-hydrogen) atoms. The zero-order valence-corrected chi connectivity index (χ0v) is 12.4. The molecule has 1 amide bonds. The predicted molar refractivity (Wildman–Crippen MR) is 70.6 cm³/mol. The van der Waals surface area contributed by atoms with Crippen LogP contribution in [-0.4, -0.2) is 66.2 Å². The molecule has 0 aliphatic carbocycles. The van der Waals surface area contributed by atoms with Gasteiger partial charge in [-0.3, -0.25) is 0 Å². The average Bonchev–Trinajstić information content (AvgIpc) is 2.50. The topological polar surface area (TPSA) is 85.3 Å². The Morgan fingerprint density at radius 1 is 1.35 bits per heavy atom. The quantitative estimate of drug-likeness (QED) is 0.837. The summed E-state index contributed by atoms with van der Waals surface area (Å²) >= 11 is 0. The van der Waals surface area contributed by atoms with Crippen LogP contribution in [0.5, 0.6) is 0 Å². The van der Waals surface area contributed by atoms with E-state index in [-0.39, 0.29) is 25.8 Å². The summed E-state index contributed by atoms with van der Waals surface area (Å²) in [6.07, 6.45) is -1.97. The lowest BCUT2D eigenvalue weighted by atomic mass is 10.2. The summed E-state index contributed by atoms with van der Waals surface area (Å²) in [5, 5.41) is 9.07. The van der Waals surface area contributed by atoms with E-state index in [1.54, 1.807) is 20.8 Å². The lowest BCUT2D eigenvalue weighted by Gasteiger charge is -2.28. The number of rotatable bonds is 3. The van der Waals surface area contributed by atoms with Crippen LogP contribution in [-0.2, 0) is 19.0 Å². The van der Waals surface area contributed by atoms with Crippen molar-refractivity contribution in [1.29, 1.82) is 0 Å². The van der Waals surface area contributed by atoms with Gasteiger partial charge in [-0.05, 0) is 27.7 Å². The number of hydrogen-bond acceptors (Lipinski definition) is 5. The number of carbonyl (C=O) groups is 2. The fourth-order valence-electron chi connectivity index (χ4n) is 1.81. The first-order chi connectivity index (χ1) is 9.23. The second-order valence-electron chi connectivity index (χ2n) is 5.62. The summed E-state index contributed by atoms with van der Waals surface area (Å²) in [5.41, 5.74) is -0.635. The third-order valence-electron chi connectivity index (χ3n) is 2.62. The minimum absolute atomic E-state index is 0.0478. The second-order valence-corrected chi connectivity index (χ2v) is 5.62. The van der Waals surface area contributed by atoms with E-state index in [0.29, 0.717) is 6.61 Å². The molecule has 0 aromatic carbocycles. The number of carbonyl (C=O) groups excluding carboxylic acids is 1. The number of ether oxygens (including phenoxy) is 3. The maximum absolute atomic E-state index is 12.1. The molecule has 2 atom stereocenters. The number of carboxylic acids is 1. The fraction of sp³-hybridized carbons (Fsp3) is 0.846. The van der Waals surface area contributed by atoms with E-state index in [9.17, 15) is 9.59 Å². The largest absolute Gasteiger partial charge is 0.479 e. The van der Waals surface area contributed by atoms with Crippen LogP contribution >= 0.6 is 0 Å². The molecule has 116 valence electrons. The van der Waals surface area contributed by atoms with Gasteiger partial charge >= 0.3 is 12.1 Å². The molecule has 0 bridgehead atoms. The zero-order chi connectivity index (χ0) is 15.3. The molecule has 2 unspecified atom stereocenters. The van der Waals surface area contributed by atoms with Crippen LogP contribution in [0.15, 0.2) is 0 Å². The summed E-state index contributed by atoms with van der Waals surface area (Å²) < 4.78 is 16.0. The Morgan fingerprint density at radius 3 is 2.50 bits per heavy atom. The molecule has 1 aliphatic rings. The molecule has 0 aromatic heterocycles. The van der Waals surface area contributed by atoms with Crippen LogP contribution in [0.2, 0.25) is 0 Å². The highest BCUT2D eigenvalue weighted by Gasteiger charge is 2.33. The molecule has 1 N–H and O–H groups in total. The number of carboxylic acid groups (broad SMARTS) is 1. The summed E-state index contributed by atoms with van der Waals surface area (Å²) in [6, 6.07) is 0. The van der Waals surface area contributed by atoms with Crippen molar-refractivity contribution < 1.29 is 28.9 Å². The van der Waals surface area contributed by atoms with Crippen LogP contribution in [0, 0.1) is 0 Å². The van der Waals surface area contributed by atoms with E-state index in [1.165, 1.54) is 4.90 Å². The van der Waals surface area contributed by atoms with E-state index in [2.05, 4.69) is 0 Å². The monoisotopic (exact) mass is 289 g/mol.